The van der Waals surface area contributed by atoms with E-state index in [0.29, 0.717) is 11.1 Å². The van der Waals surface area contributed by atoms with Crippen molar-refractivity contribution in [2.24, 2.45) is 5.73 Å². The Morgan fingerprint density at radius 3 is 1.88 bits per heavy atom. The first kappa shape index (κ1) is 18.6. The Morgan fingerprint density at radius 2 is 1.48 bits per heavy atom. The smallest absolute Gasteiger partial charge is 0.364 e. The van der Waals surface area contributed by atoms with Gasteiger partial charge in [-0.15, -0.1) is 0 Å². The van der Waals surface area contributed by atoms with Crippen LogP contribution < -0.4 is 5.73 Å². The van der Waals surface area contributed by atoms with Gasteiger partial charge in [-0.2, -0.15) is 13.2 Å². The third-order valence-corrected chi connectivity index (χ3v) is 4.02. The molecule has 8 heteroatoms. The summed E-state index contributed by atoms with van der Waals surface area (Å²) in [4.78, 5) is 25.8. The summed E-state index contributed by atoms with van der Waals surface area (Å²) < 4.78 is 39.6. The number of carbonyl (C=O) groups is 2. The number of aromatic nitrogens is 1. The van der Waals surface area contributed by atoms with Crippen LogP contribution in [0.4, 0.5) is 13.2 Å². The topological polar surface area (TPSA) is 68.3 Å². The number of hydrogen-bond donors (Lipinski definition) is 1. The van der Waals surface area contributed by atoms with Gasteiger partial charge in [0.25, 0.3) is 11.8 Å². The zero-order chi connectivity index (χ0) is 19.1. The number of primary amides is 1. The zero-order valence-electron chi connectivity index (χ0n) is 14.2. The second kappa shape index (κ2) is 6.27. The van der Waals surface area contributed by atoms with Gasteiger partial charge in [-0.05, 0) is 49.2 Å². The number of amides is 2. The summed E-state index contributed by atoms with van der Waals surface area (Å²) >= 11 is 0. The fourth-order valence-electron chi connectivity index (χ4n) is 2.62. The summed E-state index contributed by atoms with van der Waals surface area (Å²) in [7, 11) is 3.09. The first-order valence-electron chi connectivity index (χ1n) is 7.37. The van der Waals surface area contributed by atoms with Crippen LogP contribution >= 0.6 is 0 Å². The van der Waals surface area contributed by atoms with E-state index in [1.807, 2.05) is 0 Å². The molecule has 0 bridgehead atoms. The normalized spacial score (nSPS) is 11.5. The minimum atomic E-state index is -4.48. The zero-order valence-corrected chi connectivity index (χ0v) is 14.2. The van der Waals surface area contributed by atoms with Crippen LogP contribution in [0.15, 0.2) is 24.3 Å². The molecule has 0 saturated carbocycles. The van der Waals surface area contributed by atoms with Crippen molar-refractivity contribution in [2.75, 3.05) is 14.1 Å². The van der Waals surface area contributed by atoms with Crippen molar-refractivity contribution >= 4 is 11.8 Å². The maximum Gasteiger partial charge on any atom is 0.416 e. The molecule has 0 saturated heterocycles. The van der Waals surface area contributed by atoms with Crippen LogP contribution in [0.2, 0.25) is 0 Å². The van der Waals surface area contributed by atoms with Gasteiger partial charge in [0.15, 0.2) is 0 Å². The predicted octanol–water partition coefficient (Wildman–Crippen LogP) is 2.91. The molecule has 2 N–H and O–H groups in total. The molecule has 1 aromatic heterocycles. The molecule has 25 heavy (non-hydrogen) atoms. The number of nitrogens with two attached hydrogens (primary N) is 1. The molecule has 0 spiro atoms. The van der Waals surface area contributed by atoms with Crippen LogP contribution in [-0.4, -0.2) is 35.4 Å². The highest BCUT2D eigenvalue weighted by Crippen LogP contribution is 2.31. The summed E-state index contributed by atoms with van der Waals surface area (Å²) in [6.07, 6.45) is -4.48. The molecule has 0 unspecified atom stereocenters. The first-order chi connectivity index (χ1) is 11.5. The van der Waals surface area contributed by atoms with Crippen LogP contribution in [0.5, 0.6) is 0 Å². The van der Waals surface area contributed by atoms with Crippen molar-refractivity contribution < 1.29 is 22.8 Å². The Hall–Kier alpha value is -2.77. The fourth-order valence-corrected chi connectivity index (χ4v) is 2.62. The molecular weight excluding hydrogens is 335 g/mol. The Labute approximate surface area is 142 Å². The molecule has 2 amide bonds. The van der Waals surface area contributed by atoms with Crippen LogP contribution in [0.25, 0.3) is 5.69 Å². The van der Waals surface area contributed by atoms with Gasteiger partial charge in [-0.25, -0.2) is 0 Å². The lowest BCUT2D eigenvalue weighted by Crippen LogP contribution is -2.26. The van der Waals surface area contributed by atoms with E-state index < -0.39 is 17.6 Å². The van der Waals surface area contributed by atoms with E-state index in [4.69, 9.17) is 5.73 Å². The number of alkyl halides is 3. The van der Waals surface area contributed by atoms with E-state index in [2.05, 4.69) is 0 Å². The van der Waals surface area contributed by atoms with E-state index in [1.54, 1.807) is 27.9 Å². The Morgan fingerprint density at radius 1 is 1.00 bits per heavy atom. The Balaban J connectivity index is 2.77. The van der Waals surface area contributed by atoms with Crippen LogP contribution in [0.3, 0.4) is 0 Å². The standard InChI is InChI=1S/C17H18F3N3O2/c1-9-10(2)14(16(25)22(3)4)23(13(9)15(21)24)12-7-5-11(6-8-12)17(18,19)20/h5-8H,1-4H3,(H2,21,24). The van der Waals surface area contributed by atoms with Crippen molar-refractivity contribution in [3.63, 3.8) is 0 Å². The maximum absolute atomic E-state index is 12.8. The molecule has 2 aromatic rings. The molecule has 0 radical (unpaired) electrons. The Bertz CT molecular complexity index is 834. The SMILES string of the molecule is Cc1c(C)c(C(=O)N(C)C)n(-c2ccc(C(F)(F)F)cc2)c1C(N)=O. The predicted molar refractivity (Wildman–Crippen MR) is 86.8 cm³/mol. The summed E-state index contributed by atoms with van der Waals surface area (Å²) in [5, 5.41) is 0. The van der Waals surface area contributed by atoms with Gasteiger partial charge in [-0.1, -0.05) is 0 Å². The minimum absolute atomic E-state index is 0.0717. The molecule has 0 aliphatic rings. The monoisotopic (exact) mass is 353 g/mol. The lowest BCUT2D eigenvalue weighted by atomic mass is 10.1. The quantitative estimate of drug-likeness (QED) is 0.922. The second-order valence-electron chi connectivity index (χ2n) is 5.89. The van der Waals surface area contributed by atoms with Crippen LogP contribution in [-0.2, 0) is 6.18 Å². The number of halogens is 3. The molecule has 0 aliphatic heterocycles. The third-order valence-electron chi connectivity index (χ3n) is 4.02. The van der Waals surface area contributed by atoms with Gasteiger partial charge in [0, 0.05) is 19.8 Å². The van der Waals surface area contributed by atoms with E-state index >= 15 is 0 Å². The average molecular weight is 353 g/mol. The molecule has 0 fully saturated rings. The van der Waals surface area contributed by atoms with Crippen molar-refractivity contribution in [1.82, 2.24) is 9.47 Å². The summed E-state index contributed by atoms with van der Waals surface area (Å²) in [6.45, 7) is 3.31. The van der Waals surface area contributed by atoms with Crippen molar-refractivity contribution in [2.45, 2.75) is 20.0 Å². The molecule has 1 aromatic carbocycles. The molecule has 5 nitrogen and oxygen atoms in total. The van der Waals surface area contributed by atoms with E-state index in [0.717, 1.165) is 12.1 Å². The lowest BCUT2D eigenvalue weighted by molar-refractivity contribution is -0.137. The van der Waals surface area contributed by atoms with Gasteiger partial charge < -0.3 is 15.2 Å². The molecule has 1 heterocycles. The number of carbonyl (C=O) groups excluding carboxylic acids is 2. The van der Waals surface area contributed by atoms with Crippen molar-refractivity contribution in [3.8, 4) is 5.69 Å². The highest BCUT2D eigenvalue weighted by Gasteiger charge is 2.31. The average Bonchev–Trinajstić information content (AvgIpc) is 2.77. The molecule has 2 rings (SSSR count). The number of benzene rings is 1. The van der Waals surface area contributed by atoms with Gasteiger partial charge in [0.1, 0.15) is 11.4 Å². The number of nitrogens with zero attached hydrogens (tertiary/aromatic N) is 2. The maximum atomic E-state index is 12.8. The third kappa shape index (κ3) is 3.24. The molecular formula is C17H18F3N3O2. The van der Waals surface area contributed by atoms with E-state index in [9.17, 15) is 22.8 Å². The van der Waals surface area contributed by atoms with Gasteiger partial charge >= 0.3 is 6.18 Å². The van der Waals surface area contributed by atoms with Crippen molar-refractivity contribution in [3.05, 3.63) is 52.3 Å². The van der Waals surface area contributed by atoms with Gasteiger partial charge in [0.2, 0.25) is 0 Å². The van der Waals surface area contributed by atoms with E-state index in [1.165, 1.54) is 21.6 Å². The Kier molecular flexibility index (Phi) is 4.66. The molecule has 0 atom stereocenters. The molecule has 0 aliphatic carbocycles. The summed E-state index contributed by atoms with van der Waals surface area (Å²) in [5.74, 6) is -1.15. The largest absolute Gasteiger partial charge is 0.416 e. The number of hydrogen-bond acceptors (Lipinski definition) is 2. The van der Waals surface area contributed by atoms with Crippen molar-refractivity contribution in [1.29, 1.82) is 0 Å². The highest BCUT2D eigenvalue weighted by molar-refractivity contribution is 6.01. The highest BCUT2D eigenvalue weighted by atomic mass is 19.4. The second-order valence-corrected chi connectivity index (χ2v) is 5.89. The molecule has 134 valence electrons. The van der Waals surface area contributed by atoms with Gasteiger partial charge in [-0.3, -0.25) is 9.59 Å². The van der Waals surface area contributed by atoms with Crippen LogP contribution in [0, 0.1) is 13.8 Å². The van der Waals surface area contributed by atoms with Crippen LogP contribution in [0.1, 0.15) is 37.7 Å². The fraction of sp³-hybridized carbons (Fsp3) is 0.294. The summed E-state index contributed by atoms with van der Waals surface area (Å²) in [5.41, 5.74) is 6.20. The first-order valence-corrected chi connectivity index (χ1v) is 7.37. The van der Waals surface area contributed by atoms with Gasteiger partial charge in [0.05, 0.1) is 5.56 Å². The number of rotatable bonds is 3. The lowest BCUT2D eigenvalue weighted by Gasteiger charge is -2.16. The summed E-state index contributed by atoms with van der Waals surface area (Å²) in [6, 6.07) is 4.21. The van der Waals surface area contributed by atoms with E-state index in [-0.39, 0.29) is 23.0 Å². The minimum Gasteiger partial charge on any atom is -0.364 e.